The highest BCUT2D eigenvalue weighted by Crippen LogP contribution is 2.20. The summed E-state index contributed by atoms with van der Waals surface area (Å²) in [5, 5.41) is 0. The zero-order valence-electron chi connectivity index (χ0n) is 15.6. The molecule has 0 aromatic rings. The molecule has 0 bridgehead atoms. The number of carbonyl (C=O) groups excluding carboxylic acids is 1. The van der Waals surface area contributed by atoms with Gasteiger partial charge in [0.1, 0.15) is 5.60 Å². The molecule has 4 nitrogen and oxygen atoms in total. The highest BCUT2D eigenvalue weighted by Gasteiger charge is 2.17. The molecule has 0 heterocycles. The first-order valence-corrected chi connectivity index (χ1v) is 9.93. The standard InChI is InChI=1S/C18H36O4S/c1-17(2,3)22-16(19)14-12-10-8-6-7-9-11-13-15-18(4,5)23(20)21/h6-15H2,1-5H3,(H,20,21)/p-1. The van der Waals surface area contributed by atoms with Gasteiger partial charge in [0.15, 0.2) is 0 Å². The molecule has 5 heteroatoms. The second kappa shape index (κ2) is 11.2. The molecule has 0 amide bonds. The smallest absolute Gasteiger partial charge is 0.306 e. The molecule has 0 rings (SSSR count). The minimum Gasteiger partial charge on any atom is -0.772 e. The van der Waals surface area contributed by atoms with Gasteiger partial charge in [0, 0.05) is 11.2 Å². The number of hydrogen-bond acceptors (Lipinski definition) is 4. The monoisotopic (exact) mass is 347 g/mol. The van der Waals surface area contributed by atoms with Crippen molar-refractivity contribution in [3.8, 4) is 0 Å². The molecular formula is C18H35O4S-. The van der Waals surface area contributed by atoms with Crippen LogP contribution in [0.5, 0.6) is 0 Å². The Morgan fingerprint density at radius 2 is 1.30 bits per heavy atom. The van der Waals surface area contributed by atoms with E-state index in [2.05, 4.69) is 0 Å². The number of hydrogen-bond donors (Lipinski definition) is 0. The molecule has 1 unspecified atom stereocenters. The predicted molar refractivity (Wildman–Crippen MR) is 95.0 cm³/mol. The molecule has 1 atom stereocenters. The molecule has 0 saturated heterocycles. The lowest BCUT2D eigenvalue weighted by atomic mass is 10.0. The van der Waals surface area contributed by atoms with Crippen LogP contribution in [-0.2, 0) is 20.6 Å². The summed E-state index contributed by atoms with van der Waals surface area (Å²) >= 11 is -1.99. The zero-order valence-corrected chi connectivity index (χ0v) is 16.4. The molecule has 0 aromatic carbocycles. The zero-order chi connectivity index (χ0) is 17.9. The van der Waals surface area contributed by atoms with Gasteiger partial charge in [-0.15, -0.1) is 0 Å². The van der Waals surface area contributed by atoms with E-state index in [1.807, 2.05) is 20.8 Å². The Labute approximate surface area is 145 Å². The topological polar surface area (TPSA) is 66.4 Å². The van der Waals surface area contributed by atoms with Gasteiger partial charge < -0.3 is 9.29 Å². The molecule has 0 aliphatic heterocycles. The molecule has 0 fully saturated rings. The molecule has 0 N–H and O–H groups in total. The van der Waals surface area contributed by atoms with Crippen molar-refractivity contribution >= 4 is 17.0 Å². The van der Waals surface area contributed by atoms with Gasteiger partial charge in [0.2, 0.25) is 0 Å². The van der Waals surface area contributed by atoms with Crippen LogP contribution >= 0.6 is 0 Å². The van der Waals surface area contributed by atoms with Crippen LogP contribution in [-0.4, -0.2) is 25.1 Å². The van der Waals surface area contributed by atoms with Crippen molar-refractivity contribution in [2.75, 3.05) is 0 Å². The molecule has 0 radical (unpaired) electrons. The summed E-state index contributed by atoms with van der Waals surface area (Å²) < 4.78 is 26.6. The molecule has 0 spiro atoms. The van der Waals surface area contributed by atoms with Crippen molar-refractivity contribution in [3.05, 3.63) is 0 Å². The van der Waals surface area contributed by atoms with Crippen LogP contribution in [0.4, 0.5) is 0 Å². The molecule has 0 aromatic heterocycles. The van der Waals surface area contributed by atoms with E-state index in [1.54, 1.807) is 13.8 Å². The molecule has 0 aliphatic rings. The lowest BCUT2D eigenvalue weighted by Gasteiger charge is -2.27. The Kier molecular flexibility index (Phi) is 11.0. The van der Waals surface area contributed by atoms with Crippen LogP contribution in [0.3, 0.4) is 0 Å². The van der Waals surface area contributed by atoms with Gasteiger partial charge in [0.25, 0.3) is 0 Å². The van der Waals surface area contributed by atoms with Gasteiger partial charge in [-0.1, -0.05) is 44.9 Å². The van der Waals surface area contributed by atoms with E-state index < -0.39 is 15.8 Å². The van der Waals surface area contributed by atoms with E-state index >= 15 is 0 Å². The van der Waals surface area contributed by atoms with Crippen molar-refractivity contribution in [2.24, 2.45) is 0 Å². The van der Waals surface area contributed by atoms with E-state index in [9.17, 15) is 13.6 Å². The first-order valence-electron chi connectivity index (χ1n) is 8.86. The Hall–Kier alpha value is -0.420. The summed E-state index contributed by atoms with van der Waals surface area (Å²) in [6.07, 6.45) is 9.97. The highest BCUT2D eigenvalue weighted by atomic mass is 32.2. The van der Waals surface area contributed by atoms with Crippen molar-refractivity contribution in [2.45, 2.75) is 109 Å². The van der Waals surface area contributed by atoms with Gasteiger partial charge >= 0.3 is 5.97 Å². The first-order chi connectivity index (χ1) is 10.5. The average Bonchev–Trinajstić information content (AvgIpc) is 2.38. The van der Waals surface area contributed by atoms with E-state index in [4.69, 9.17) is 4.74 Å². The van der Waals surface area contributed by atoms with E-state index in [0.29, 0.717) is 6.42 Å². The lowest BCUT2D eigenvalue weighted by molar-refractivity contribution is -0.154. The number of ether oxygens (including phenoxy) is 1. The third kappa shape index (κ3) is 13.7. The Morgan fingerprint density at radius 1 is 0.870 bits per heavy atom. The van der Waals surface area contributed by atoms with Crippen LogP contribution in [0, 0.1) is 0 Å². The highest BCUT2D eigenvalue weighted by molar-refractivity contribution is 7.80. The summed E-state index contributed by atoms with van der Waals surface area (Å²) in [6.45, 7) is 9.23. The van der Waals surface area contributed by atoms with Crippen LogP contribution in [0.25, 0.3) is 0 Å². The van der Waals surface area contributed by atoms with E-state index in [-0.39, 0.29) is 11.6 Å². The summed E-state index contributed by atoms with van der Waals surface area (Å²) in [6, 6.07) is 0. The minimum atomic E-state index is -1.99. The fourth-order valence-corrected chi connectivity index (χ4v) is 2.67. The average molecular weight is 348 g/mol. The van der Waals surface area contributed by atoms with E-state index in [1.165, 1.54) is 12.8 Å². The maximum absolute atomic E-state index is 11.5. The maximum atomic E-state index is 11.5. The molecule has 138 valence electrons. The SMILES string of the molecule is CC(C)(C)OC(=O)CCCCCCCCCCC(C)(C)S(=O)[O-]. The third-order valence-electron chi connectivity index (χ3n) is 3.78. The van der Waals surface area contributed by atoms with Crippen LogP contribution in [0.15, 0.2) is 0 Å². The fraction of sp³-hybridized carbons (Fsp3) is 0.944. The van der Waals surface area contributed by atoms with Gasteiger partial charge in [-0.3, -0.25) is 9.00 Å². The van der Waals surface area contributed by atoms with Crippen molar-refractivity contribution in [1.82, 2.24) is 0 Å². The Bertz CT molecular complexity index is 359. The fourth-order valence-electron chi connectivity index (χ4n) is 2.36. The maximum Gasteiger partial charge on any atom is 0.306 e. The van der Waals surface area contributed by atoms with Crippen LogP contribution < -0.4 is 0 Å². The number of carbonyl (C=O) groups is 1. The molecule has 23 heavy (non-hydrogen) atoms. The Balaban J connectivity index is 3.41. The number of unbranched alkanes of at least 4 members (excludes halogenated alkanes) is 7. The molecule has 0 aliphatic carbocycles. The van der Waals surface area contributed by atoms with Crippen molar-refractivity contribution in [3.63, 3.8) is 0 Å². The minimum absolute atomic E-state index is 0.101. The summed E-state index contributed by atoms with van der Waals surface area (Å²) in [5.41, 5.74) is -0.385. The summed E-state index contributed by atoms with van der Waals surface area (Å²) in [5.74, 6) is -0.101. The van der Waals surface area contributed by atoms with Crippen molar-refractivity contribution < 1.29 is 18.3 Å². The predicted octanol–water partition coefficient (Wildman–Crippen LogP) is 4.89. The first kappa shape index (κ1) is 22.6. The lowest BCUT2D eigenvalue weighted by Crippen LogP contribution is -2.25. The van der Waals surface area contributed by atoms with Crippen molar-refractivity contribution in [1.29, 1.82) is 0 Å². The second-order valence-corrected chi connectivity index (χ2v) is 9.48. The van der Waals surface area contributed by atoms with E-state index in [0.717, 1.165) is 44.9 Å². The van der Waals surface area contributed by atoms with Crippen LogP contribution in [0.2, 0.25) is 0 Å². The van der Waals surface area contributed by atoms with Gasteiger partial charge in [-0.05, 0) is 58.5 Å². The Morgan fingerprint density at radius 3 is 1.74 bits per heavy atom. The second-order valence-electron chi connectivity index (χ2n) is 7.91. The van der Waals surface area contributed by atoms with Gasteiger partial charge in [-0.25, -0.2) is 0 Å². The van der Waals surface area contributed by atoms with Gasteiger partial charge in [0.05, 0.1) is 0 Å². The summed E-state index contributed by atoms with van der Waals surface area (Å²) in [4.78, 5) is 11.5. The van der Waals surface area contributed by atoms with Crippen LogP contribution in [0.1, 0.15) is 98.8 Å². The van der Waals surface area contributed by atoms with Gasteiger partial charge in [-0.2, -0.15) is 0 Å². The third-order valence-corrected chi connectivity index (χ3v) is 4.89. The quantitative estimate of drug-likeness (QED) is 0.286. The summed E-state index contributed by atoms with van der Waals surface area (Å²) in [7, 11) is 0. The number of rotatable bonds is 12. The number of esters is 1. The molecular weight excluding hydrogens is 312 g/mol. The molecule has 0 saturated carbocycles. The normalized spacial score (nSPS) is 13.8. The largest absolute Gasteiger partial charge is 0.772 e.